The number of hydrogen-bond acceptors (Lipinski definition) is 4. The fraction of sp³-hybridized carbons (Fsp3) is 0.400. The molecule has 0 radical (unpaired) electrons. The van der Waals surface area contributed by atoms with Crippen molar-refractivity contribution in [1.29, 1.82) is 0 Å². The predicted octanol–water partition coefficient (Wildman–Crippen LogP) is 3.34. The molecule has 154 valence electrons. The second kappa shape index (κ2) is 13.0. The summed E-state index contributed by atoms with van der Waals surface area (Å²) in [6.07, 6.45) is 3.65. The van der Waals surface area contributed by atoms with Crippen LogP contribution in [0.4, 0.5) is 5.69 Å². The number of aryl methyl sites for hydroxylation is 1. The number of nitrogens with zero attached hydrogens (tertiary/aromatic N) is 2. The number of benzene rings is 1. The maximum absolute atomic E-state index is 11.7. The number of aliphatic imine (C=N–C) groups is 1. The number of aromatic nitrogens is 1. The van der Waals surface area contributed by atoms with Crippen LogP contribution in [-0.2, 0) is 6.54 Å². The molecule has 1 aromatic carbocycles. The van der Waals surface area contributed by atoms with Gasteiger partial charge in [-0.2, -0.15) is 0 Å². The summed E-state index contributed by atoms with van der Waals surface area (Å²) in [4.78, 5) is 15.9. The molecule has 1 aromatic heterocycles. The van der Waals surface area contributed by atoms with Crippen molar-refractivity contribution in [2.45, 2.75) is 26.3 Å². The van der Waals surface area contributed by atoms with Crippen LogP contribution in [0.2, 0.25) is 0 Å². The van der Waals surface area contributed by atoms with Gasteiger partial charge < -0.3 is 24.7 Å². The van der Waals surface area contributed by atoms with Gasteiger partial charge in [0.05, 0.1) is 13.7 Å². The van der Waals surface area contributed by atoms with Crippen molar-refractivity contribution >= 4 is 35.6 Å². The lowest BCUT2D eigenvalue weighted by atomic mass is 10.2. The van der Waals surface area contributed by atoms with E-state index in [1.54, 1.807) is 30.9 Å². The van der Waals surface area contributed by atoms with E-state index in [2.05, 4.69) is 15.6 Å². The molecule has 0 amide bonds. The Labute approximate surface area is 183 Å². The molecule has 0 aliphatic carbocycles. The second-order valence-corrected chi connectivity index (χ2v) is 5.86. The molecule has 8 heteroatoms. The number of guanidine groups is 1. The van der Waals surface area contributed by atoms with Crippen LogP contribution in [0, 0.1) is 0 Å². The summed E-state index contributed by atoms with van der Waals surface area (Å²) in [5.74, 6) is 2.06. The van der Waals surface area contributed by atoms with Gasteiger partial charge in [-0.05, 0) is 38.0 Å². The van der Waals surface area contributed by atoms with Crippen LogP contribution < -0.4 is 25.7 Å². The molecule has 0 spiro atoms. The number of methoxy groups -OCH3 is 1. The van der Waals surface area contributed by atoms with Gasteiger partial charge in [0.2, 0.25) is 5.56 Å². The molecule has 0 bridgehead atoms. The highest BCUT2D eigenvalue weighted by Gasteiger charge is 2.07. The number of rotatable bonds is 9. The first-order valence-corrected chi connectivity index (χ1v) is 9.12. The van der Waals surface area contributed by atoms with E-state index in [9.17, 15) is 4.79 Å². The highest BCUT2D eigenvalue weighted by atomic mass is 127. The maximum Gasteiger partial charge on any atom is 0.250 e. The quantitative estimate of drug-likeness (QED) is 0.239. The number of ether oxygens (including phenoxy) is 2. The van der Waals surface area contributed by atoms with Gasteiger partial charge in [-0.3, -0.25) is 9.79 Å². The molecule has 0 atom stereocenters. The van der Waals surface area contributed by atoms with Crippen LogP contribution >= 0.6 is 24.0 Å². The number of pyridine rings is 1. The zero-order chi connectivity index (χ0) is 19.5. The van der Waals surface area contributed by atoms with E-state index < -0.39 is 0 Å². The highest BCUT2D eigenvalue weighted by Crippen LogP contribution is 2.30. The van der Waals surface area contributed by atoms with Gasteiger partial charge >= 0.3 is 0 Å². The summed E-state index contributed by atoms with van der Waals surface area (Å²) >= 11 is 0. The van der Waals surface area contributed by atoms with Gasteiger partial charge in [-0.15, -0.1) is 24.0 Å². The zero-order valence-corrected chi connectivity index (χ0v) is 18.9. The molecular weight excluding hydrogens is 471 g/mol. The Kier molecular flexibility index (Phi) is 11.1. The fourth-order valence-corrected chi connectivity index (χ4v) is 2.60. The third-order valence-corrected chi connectivity index (χ3v) is 3.97. The van der Waals surface area contributed by atoms with Crippen molar-refractivity contribution in [3.8, 4) is 11.5 Å². The fourth-order valence-electron chi connectivity index (χ4n) is 2.60. The molecule has 0 saturated carbocycles. The van der Waals surface area contributed by atoms with E-state index in [0.29, 0.717) is 30.6 Å². The Balaban J connectivity index is 0.00000392. The average Bonchev–Trinajstić information content (AvgIpc) is 2.68. The van der Waals surface area contributed by atoms with Crippen molar-refractivity contribution in [3.63, 3.8) is 0 Å². The summed E-state index contributed by atoms with van der Waals surface area (Å²) < 4.78 is 12.6. The molecule has 0 fully saturated rings. The number of unbranched alkanes of at least 4 members (excludes halogenated alkanes) is 1. The normalized spacial score (nSPS) is 10.8. The minimum absolute atomic E-state index is 0. The number of hydrogen-bond donors (Lipinski definition) is 2. The maximum atomic E-state index is 11.7. The minimum Gasteiger partial charge on any atom is -0.493 e. The van der Waals surface area contributed by atoms with Gasteiger partial charge in [0.25, 0.3) is 0 Å². The average molecular weight is 500 g/mol. The van der Waals surface area contributed by atoms with Gasteiger partial charge in [-0.1, -0.05) is 6.07 Å². The van der Waals surface area contributed by atoms with Crippen LogP contribution in [0.5, 0.6) is 11.5 Å². The zero-order valence-electron chi connectivity index (χ0n) is 16.6. The van der Waals surface area contributed by atoms with Crippen molar-refractivity contribution < 1.29 is 9.47 Å². The van der Waals surface area contributed by atoms with Crippen LogP contribution in [0.3, 0.4) is 0 Å². The third kappa shape index (κ3) is 7.41. The van der Waals surface area contributed by atoms with Crippen molar-refractivity contribution in [1.82, 2.24) is 9.88 Å². The summed E-state index contributed by atoms with van der Waals surface area (Å²) in [7, 11) is 3.35. The molecule has 0 aliphatic rings. The Bertz CT molecular complexity index is 808. The van der Waals surface area contributed by atoms with E-state index in [1.807, 2.05) is 37.4 Å². The smallest absolute Gasteiger partial charge is 0.250 e. The van der Waals surface area contributed by atoms with E-state index >= 15 is 0 Å². The van der Waals surface area contributed by atoms with Crippen LogP contribution in [0.25, 0.3) is 0 Å². The van der Waals surface area contributed by atoms with Gasteiger partial charge in [0.15, 0.2) is 17.5 Å². The summed E-state index contributed by atoms with van der Waals surface area (Å²) in [5.41, 5.74) is 0.899. The molecule has 0 unspecified atom stereocenters. The standard InChI is InChI=1S/C20H28N4O3.HI/c1-4-27-18-15-16(10-11-17(18)26-3)23-20(21-2)22-12-6-8-14-24-13-7-5-9-19(24)25;/h5,7,9-11,13,15H,4,6,8,12,14H2,1-3H3,(H2,21,22,23);1H. The Hall–Kier alpha value is -2.23. The molecule has 2 N–H and O–H groups in total. The number of nitrogens with one attached hydrogen (secondary N) is 2. The molecule has 2 rings (SSSR count). The lowest BCUT2D eigenvalue weighted by Crippen LogP contribution is -2.31. The summed E-state index contributed by atoms with van der Waals surface area (Å²) in [6, 6.07) is 10.9. The van der Waals surface area contributed by atoms with E-state index in [-0.39, 0.29) is 29.5 Å². The van der Waals surface area contributed by atoms with Crippen LogP contribution in [-0.4, -0.2) is 37.8 Å². The first-order valence-electron chi connectivity index (χ1n) is 9.12. The molecule has 28 heavy (non-hydrogen) atoms. The SMILES string of the molecule is CCOc1cc(NC(=NC)NCCCCn2ccccc2=O)ccc1OC.I. The predicted molar refractivity (Wildman–Crippen MR) is 124 cm³/mol. The van der Waals surface area contributed by atoms with Crippen molar-refractivity contribution in [2.24, 2.45) is 4.99 Å². The molecular formula is C20H29IN4O3. The monoisotopic (exact) mass is 500 g/mol. The van der Waals surface area contributed by atoms with E-state index in [1.165, 1.54) is 0 Å². The molecule has 1 heterocycles. The first-order chi connectivity index (χ1) is 13.2. The Morgan fingerprint density at radius 2 is 2.00 bits per heavy atom. The molecule has 0 saturated heterocycles. The van der Waals surface area contributed by atoms with Crippen LogP contribution in [0.1, 0.15) is 19.8 Å². The second-order valence-electron chi connectivity index (χ2n) is 5.86. The highest BCUT2D eigenvalue weighted by molar-refractivity contribution is 14.0. The van der Waals surface area contributed by atoms with Crippen molar-refractivity contribution in [2.75, 3.05) is 32.6 Å². The Morgan fingerprint density at radius 1 is 1.18 bits per heavy atom. The largest absolute Gasteiger partial charge is 0.493 e. The minimum atomic E-state index is 0. The summed E-state index contributed by atoms with van der Waals surface area (Å²) in [6.45, 7) is 3.97. The third-order valence-electron chi connectivity index (χ3n) is 3.97. The van der Waals surface area contributed by atoms with E-state index in [4.69, 9.17) is 9.47 Å². The number of halogens is 1. The summed E-state index contributed by atoms with van der Waals surface area (Å²) in [5, 5.41) is 6.52. The molecule has 0 aliphatic heterocycles. The molecule has 7 nitrogen and oxygen atoms in total. The van der Waals surface area contributed by atoms with Crippen LogP contribution in [0.15, 0.2) is 52.4 Å². The topological polar surface area (TPSA) is 76.9 Å². The molecule has 2 aromatic rings. The van der Waals surface area contributed by atoms with Crippen molar-refractivity contribution in [3.05, 3.63) is 52.9 Å². The van der Waals surface area contributed by atoms with E-state index in [0.717, 1.165) is 25.1 Å². The number of anilines is 1. The Morgan fingerprint density at radius 3 is 2.68 bits per heavy atom. The van der Waals surface area contributed by atoms with Gasteiger partial charge in [0, 0.05) is 44.2 Å². The lowest BCUT2D eigenvalue weighted by molar-refractivity contribution is 0.311. The first kappa shape index (κ1) is 23.8. The van der Waals surface area contributed by atoms with Gasteiger partial charge in [0.1, 0.15) is 0 Å². The lowest BCUT2D eigenvalue weighted by Gasteiger charge is -2.14. The van der Waals surface area contributed by atoms with Gasteiger partial charge in [-0.25, -0.2) is 0 Å².